The van der Waals surface area contributed by atoms with Crippen LogP contribution in [0.15, 0.2) is 22.8 Å². The fourth-order valence-corrected chi connectivity index (χ4v) is 0.582. The molecule has 0 aliphatic rings. The number of furan rings is 1. The van der Waals surface area contributed by atoms with E-state index in [2.05, 4.69) is 12.2 Å². The molecule has 0 saturated heterocycles. The molecule has 1 aromatic heterocycles. The van der Waals surface area contributed by atoms with E-state index in [0.717, 1.165) is 18.8 Å². The molecule has 1 aromatic rings. The highest BCUT2D eigenvalue weighted by atomic mass is 16.3. The maximum Gasteiger partial charge on any atom is 0.213 e. The van der Waals surface area contributed by atoms with Gasteiger partial charge in [-0.25, -0.2) is 0 Å². The Labute approximate surface area is 54.9 Å². The molecule has 0 aliphatic heterocycles. The normalized spacial score (nSPS) is 9.44. The van der Waals surface area contributed by atoms with Gasteiger partial charge in [-0.15, -0.1) is 0 Å². The lowest BCUT2D eigenvalue weighted by atomic mass is 10.5. The van der Waals surface area contributed by atoms with Gasteiger partial charge in [0.15, 0.2) is 0 Å². The molecular formula is C7H10NO. The summed E-state index contributed by atoms with van der Waals surface area (Å²) >= 11 is 0. The first-order valence-corrected chi connectivity index (χ1v) is 3.14. The Morgan fingerprint density at radius 3 is 3.11 bits per heavy atom. The van der Waals surface area contributed by atoms with E-state index in [4.69, 9.17) is 4.42 Å². The van der Waals surface area contributed by atoms with E-state index in [1.165, 1.54) is 0 Å². The lowest BCUT2D eigenvalue weighted by Gasteiger charge is -1.92. The highest BCUT2D eigenvalue weighted by Crippen LogP contribution is 2.05. The summed E-state index contributed by atoms with van der Waals surface area (Å²) in [6, 6.07) is 3.70. The second-order valence-electron chi connectivity index (χ2n) is 1.83. The molecule has 0 spiro atoms. The van der Waals surface area contributed by atoms with Crippen LogP contribution in [-0.2, 0) is 0 Å². The summed E-state index contributed by atoms with van der Waals surface area (Å²) in [4.78, 5) is 0. The van der Waals surface area contributed by atoms with E-state index in [1.807, 2.05) is 12.1 Å². The van der Waals surface area contributed by atoms with E-state index < -0.39 is 0 Å². The lowest BCUT2D eigenvalue weighted by molar-refractivity contribution is 0.536. The third kappa shape index (κ3) is 1.80. The predicted octanol–water partition coefficient (Wildman–Crippen LogP) is 1.93. The van der Waals surface area contributed by atoms with Crippen LogP contribution in [0.4, 0.5) is 5.88 Å². The van der Waals surface area contributed by atoms with Gasteiger partial charge in [0.25, 0.3) is 0 Å². The van der Waals surface area contributed by atoms with Crippen LogP contribution in [0.25, 0.3) is 0 Å². The summed E-state index contributed by atoms with van der Waals surface area (Å²) in [5, 5.41) is 4.12. The minimum Gasteiger partial charge on any atom is -0.447 e. The van der Waals surface area contributed by atoms with E-state index in [1.54, 1.807) is 6.26 Å². The minimum absolute atomic E-state index is 0.733. The summed E-state index contributed by atoms with van der Waals surface area (Å²) in [7, 11) is 0. The van der Waals surface area contributed by atoms with Crippen LogP contribution in [0.2, 0.25) is 0 Å². The van der Waals surface area contributed by atoms with Crippen molar-refractivity contribution < 1.29 is 4.42 Å². The summed E-state index contributed by atoms with van der Waals surface area (Å²) in [5.74, 6) is 0.733. The molecule has 1 rings (SSSR count). The molecule has 0 aliphatic carbocycles. The Morgan fingerprint density at radius 2 is 2.56 bits per heavy atom. The average Bonchev–Trinajstić information content (AvgIpc) is 2.34. The second-order valence-corrected chi connectivity index (χ2v) is 1.83. The van der Waals surface area contributed by atoms with Crippen LogP contribution in [0.3, 0.4) is 0 Å². The van der Waals surface area contributed by atoms with Gasteiger partial charge in [-0.3, -0.25) is 5.32 Å². The van der Waals surface area contributed by atoms with Gasteiger partial charge in [-0.05, 0) is 12.5 Å². The van der Waals surface area contributed by atoms with Gasteiger partial charge in [0.2, 0.25) is 5.88 Å². The maximum absolute atomic E-state index is 4.97. The Hall–Kier alpha value is -0.920. The molecule has 0 N–H and O–H groups in total. The van der Waals surface area contributed by atoms with Crippen molar-refractivity contribution >= 4 is 5.88 Å². The van der Waals surface area contributed by atoms with E-state index in [9.17, 15) is 0 Å². The van der Waals surface area contributed by atoms with E-state index >= 15 is 0 Å². The summed E-state index contributed by atoms with van der Waals surface area (Å²) in [6.45, 7) is 2.94. The highest BCUT2D eigenvalue weighted by molar-refractivity contribution is 5.19. The van der Waals surface area contributed by atoms with E-state index in [0.29, 0.717) is 0 Å². The first-order valence-electron chi connectivity index (χ1n) is 3.14. The molecule has 2 heteroatoms. The molecule has 1 heterocycles. The van der Waals surface area contributed by atoms with Gasteiger partial charge in [0.05, 0.1) is 6.26 Å². The number of nitrogens with zero attached hydrogens (tertiary/aromatic N) is 1. The van der Waals surface area contributed by atoms with E-state index in [-0.39, 0.29) is 0 Å². The molecule has 0 saturated carbocycles. The van der Waals surface area contributed by atoms with Gasteiger partial charge in [0.1, 0.15) is 0 Å². The first kappa shape index (κ1) is 6.20. The largest absolute Gasteiger partial charge is 0.447 e. The van der Waals surface area contributed by atoms with Crippen molar-refractivity contribution in [3.63, 3.8) is 0 Å². The van der Waals surface area contributed by atoms with Crippen LogP contribution in [-0.4, -0.2) is 6.54 Å². The van der Waals surface area contributed by atoms with Crippen molar-refractivity contribution in [3.8, 4) is 0 Å². The molecule has 0 atom stereocenters. The quantitative estimate of drug-likeness (QED) is 0.604. The van der Waals surface area contributed by atoms with Crippen molar-refractivity contribution in [2.75, 3.05) is 6.54 Å². The predicted molar refractivity (Wildman–Crippen MR) is 35.7 cm³/mol. The zero-order valence-electron chi connectivity index (χ0n) is 5.50. The summed E-state index contributed by atoms with van der Waals surface area (Å²) in [6.07, 6.45) is 2.70. The average molecular weight is 124 g/mol. The van der Waals surface area contributed by atoms with Crippen LogP contribution in [0, 0.1) is 0 Å². The first-order chi connectivity index (χ1) is 4.43. The fourth-order valence-electron chi connectivity index (χ4n) is 0.582. The van der Waals surface area contributed by atoms with Gasteiger partial charge in [0, 0.05) is 12.6 Å². The maximum atomic E-state index is 4.97. The van der Waals surface area contributed by atoms with Crippen LogP contribution < -0.4 is 5.32 Å². The molecule has 0 amide bonds. The van der Waals surface area contributed by atoms with Crippen molar-refractivity contribution in [3.05, 3.63) is 18.4 Å². The van der Waals surface area contributed by atoms with Crippen LogP contribution in [0.5, 0.6) is 0 Å². The Bertz CT molecular complexity index is 146. The van der Waals surface area contributed by atoms with Crippen molar-refractivity contribution in [1.29, 1.82) is 0 Å². The summed E-state index contributed by atoms with van der Waals surface area (Å²) in [5.41, 5.74) is 0. The van der Waals surface area contributed by atoms with Crippen LogP contribution in [0.1, 0.15) is 13.3 Å². The minimum atomic E-state index is 0.733. The number of hydrogen-bond donors (Lipinski definition) is 0. The molecule has 0 aromatic carbocycles. The molecule has 2 nitrogen and oxygen atoms in total. The van der Waals surface area contributed by atoms with Gasteiger partial charge >= 0.3 is 0 Å². The Morgan fingerprint density at radius 1 is 1.67 bits per heavy atom. The zero-order valence-corrected chi connectivity index (χ0v) is 5.50. The topological polar surface area (TPSA) is 27.2 Å². The SMILES string of the molecule is CCC[N]c1ccco1. The molecule has 0 bridgehead atoms. The van der Waals surface area contributed by atoms with Gasteiger partial charge < -0.3 is 4.42 Å². The zero-order chi connectivity index (χ0) is 6.53. The number of hydrogen-bond acceptors (Lipinski definition) is 1. The molecule has 0 fully saturated rings. The molecular weight excluding hydrogens is 114 g/mol. The molecule has 9 heavy (non-hydrogen) atoms. The Kier molecular flexibility index (Phi) is 2.19. The lowest BCUT2D eigenvalue weighted by Crippen LogP contribution is -1.95. The fraction of sp³-hybridized carbons (Fsp3) is 0.429. The third-order valence-electron chi connectivity index (χ3n) is 0.997. The van der Waals surface area contributed by atoms with Gasteiger partial charge in [-0.1, -0.05) is 6.92 Å². The smallest absolute Gasteiger partial charge is 0.213 e. The summed E-state index contributed by atoms with van der Waals surface area (Å²) < 4.78 is 4.97. The van der Waals surface area contributed by atoms with Crippen LogP contribution >= 0.6 is 0 Å². The monoisotopic (exact) mass is 124 g/mol. The molecule has 49 valence electrons. The third-order valence-corrected chi connectivity index (χ3v) is 0.997. The van der Waals surface area contributed by atoms with Crippen molar-refractivity contribution in [1.82, 2.24) is 5.32 Å². The second kappa shape index (κ2) is 3.17. The molecule has 1 radical (unpaired) electrons. The highest BCUT2D eigenvalue weighted by Gasteiger charge is 1.91. The van der Waals surface area contributed by atoms with Crippen molar-refractivity contribution in [2.24, 2.45) is 0 Å². The molecule has 0 unspecified atom stereocenters. The Balaban J connectivity index is 2.30. The number of rotatable bonds is 3. The van der Waals surface area contributed by atoms with Gasteiger partial charge in [-0.2, -0.15) is 0 Å². The standard InChI is InChI=1S/C7H10NO/c1-2-5-8-7-4-3-6-9-7/h3-4,6H,2,5H2,1H3. The van der Waals surface area contributed by atoms with Crippen molar-refractivity contribution in [2.45, 2.75) is 13.3 Å².